The zero-order chi connectivity index (χ0) is 16.7. The molecule has 24 heavy (non-hydrogen) atoms. The van der Waals surface area contributed by atoms with Crippen LogP contribution in [0.15, 0.2) is 24.3 Å². The maximum atomic E-state index is 12.5. The van der Waals surface area contributed by atoms with Crippen molar-refractivity contribution in [2.45, 2.75) is 57.0 Å². The monoisotopic (exact) mass is 328 g/mol. The fourth-order valence-electron chi connectivity index (χ4n) is 5.15. The molecule has 1 saturated heterocycles. The molecule has 130 valence electrons. The smallest absolute Gasteiger partial charge is 0.226 e. The van der Waals surface area contributed by atoms with Gasteiger partial charge in [-0.3, -0.25) is 9.69 Å². The summed E-state index contributed by atoms with van der Waals surface area (Å²) in [6.45, 7) is 4.01. The zero-order valence-electron chi connectivity index (χ0n) is 14.5. The van der Waals surface area contributed by atoms with Crippen LogP contribution >= 0.6 is 0 Å². The van der Waals surface area contributed by atoms with Crippen molar-refractivity contribution in [3.05, 3.63) is 29.8 Å². The quantitative estimate of drug-likeness (QED) is 0.924. The lowest BCUT2D eigenvalue weighted by molar-refractivity contribution is -0.119. The molecule has 1 aromatic rings. The van der Waals surface area contributed by atoms with E-state index in [1.165, 1.54) is 31.2 Å². The molecule has 2 heterocycles. The van der Waals surface area contributed by atoms with Crippen molar-refractivity contribution < 1.29 is 9.90 Å². The first kappa shape index (κ1) is 16.1. The van der Waals surface area contributed by atoms with Crippen LogP contribution in [0, 0.1) is 5.92 Å². The van der Waals surface area contributed by atoms with Crippen LogP contribution < -0.4 is 4.90 Å². The van der Waals surface area contributed by atoms with Gasteiger partial charge in [0.05, 0.1) is 6.61 Å². The Morgan fingerprint density at radius 3 is 2.71 bits per heavy atom. The first-order chi connectivity index (χ1) is 11.7. The highest BCUT2D eigenvalue weighted by Gasteiger charge is 2.53. The fraction of sp³-hybridized carbons (Fsp3) is 0.650. The highest BCUT2D eigenvalue weighted by atomic mass is 16.3. The predicted octanol–water partition coefficient (Wildman–Crippen LogP) is 2.76. The zero-order valence-corrected chi connectivity index (χ0v) is 14.5. The molecule has 0 spiro atoms. The molecule has 0 aromatic heterocycles. The van der Waals surface area contributed by atoms with Crippen molar-refractivity contribution >= 4 is 11.6 Å². The minimum absolute atomic E-state index is 0.203. The second kappa shape index (κ2) is 6.49. The van der Waals surface area contributed by atoms with Crippen LogP contribution in [0.2, 0.25) is 0 Å². The number of carbonyl (C=O) groups is 1. The summed E-state index contributed by atoms with van der Waals surface area (Å²) in [6, 6.07) is 8.87. The number of benzene rings is 1. The number of anilines is 1. The lowest BCUT2D eigenvalue weighted by Crippen LogP contribution is -2.69. The van der Waals surface area contributed by atoms with Gasteiger partial charge >= 0.3 is 0 Å². The Balaban J connectivity index is 1.62. The van der Waals surface area contributed by atoms with Gasteiger partial charge in [0.25, 0.3) is 0 Å². The van der Waals surface area contributed by atoms with Gasteiger partial charge in [-0.15, -0.1) is 0 Å². The van der Waals surface area contributed by atoms with Crippen molar-refractivity contribution in [3.63, 3.8) is 0 Å². The highest BCUT2D eigenvalue weighted by Crippen LogP contribution is 2.49. The number of aliphatic hydroxyl groups is 1. The van der Waals surface area contributed by atoms with Crippen molar-refractivity contribution in [2.75, 3.05) is 24.6 Å². The van der Waals surface area contributed by atoms with E-state index in [2.05, 4.69) is 23.1 Å². The van der Waals surface area contributed by atoms with Gasteiger partial charge in [0, 0.05) is 43.2 Å². The second-order valence-corrected chi connectivity index (χ2v) is 7.61. The molecule has 1 saturated carbocycles. The van der Waals surface area contributed by atoms with Crippen LogP contribution in [0.5, 0.6) is 0 Å². The number of hydrogen-bond acceptors (Lipinski definition) is 3. The van der Waals surface area contributed by atoms with E-state index in [1.807, 2.05) is 17.9 Å². The average molecular weight is 328 g/mol. The van der Waals surface area contributed by atoms with Crippen LogP contribution in [0.25, 0.3) is 0 Å². The number of para-hydroxylation sites is 1. The molecule has 4 nitrogen and oxygen atoms in total. The Hall–Kier alpha value is -1.39. The third kappa shape index (κ3) is 2.47. The first-order valence-corrected chi connectivity index (χ1v) is 9.50. The molecule has 0 bridgehead atoms. The molecule has 1 amide bonds. The van der Waals surface area contributed by atoms with Gasteiger partial charge in [0.1, 0.15) is 0 Å². The summed E-state index contributed by atoms with van der Waals surface area (Å²) in [7, 11) is 0. The number of amides is 1. The fourth-order valence-corrected chi connectivity index (χ4v) is 5.15. The van der Waals surface area contributed by atoms with Crippen LogP contribution in [0.4, 0.5) is 5.69 Å². The number of carbonyl (C=O) groups excluding carboxylic acids is 1. The second-order valence-electron chi connectivity index (χ2n) is 7.61. The van der Waals surface area contributed by atoms with E-state index in [1.54, 1.807) is 0 Å². The topological polar surface area (TPSA) is 43.8 Å². The van der Waals surface area contributed by atoms with Crippen molar-refractivity contribution in [2.24, 2.45) is 5.92 Å². The predicted molar refractivity (Wildman–Crippen MR) is 95.2 cm³/mol. The van der Waals surface area contributed by atoms with Crippen molar-refractivity contribution in [1.29, 1.82) is 0 Å². The minimum Gasteiger partial charge on any atom is -0.395 e. The maximum Gasteiger partial charge on any atom is 0.226 e. The van der Waals surface area contributed by atoms with Gasteiger partial charge in [0.2, 0.25) is 5.91 Å². The molecule has 2 fully saturated rings. The normalized spacial score (nSPS) is 29.9. The Bertz CT molecular complexity index is 611. The lowest BCUT2D eigenvalue weighted by atomic mass is 9.71. The first-order valence-electron chi connectivity index (χ1n) is 9.50. The molecule has 1 aliphatic carbocycles. The summed E-state index contributed by atoms with van der Waals surface area (Å²) in [5.41, 5.74) is 2.31. The molecule has 1 aromatic carbocycles. The molecule has 1 N–H and O–H groups in total. The number of nitrogens with zero attached hydrogens (tertiary/aromatic N) is 2. The Morgan fingerprint density at radius 2 is 2.00 bits per heavy atom. The lowest BCUT2D eigenvalue weighted by Gasteiger charge is -2.59. The van der Waals surface area contributed by atoms with E-state index in [0.717, 1.165) is 24.7 Å². The van der Waals surface area contributed by atoms with E-state index >= 15 is 0 Å². The summed E-state index contributed by atoms with van der Waals surface area (Å²) in [6.07, 6.45) is 5.87. The molecule has 3 aliphatic rings. The van der Waals surface area contributed by atoms with Crippen molar-refractivity contribution in [3.8, 4) is 0 Å². The average Bonchev–Trinajstić information content (AvgIpc) is 3.12. The molecule has 4 rings (SSSR count). The summed E-state index contributed by atoms with van der Waals surface area (Å²) < 4.78 is 0. The minimum atomic E-state index is 0.203. The van der Waals surface area contributed by atoms with E-state index in [9.17, 15) is 9.90 Å². The number of aliphatic hydroxyl groups excluding tert-OH is 1. The van der Waals surface area contributed by atoms with Gasteiger partial charge in [0.15, 0.2) is 0 Å². The van der Waals surface area contributed by atoms with Crippen molar-refractivity contribution in [1.82, 2.24) is 4.90 Å². The molecule has 0 radical (unpaired) electrons. The SMILES string of the molecule is CCC(=O)N1C[C@@H]2[C@H](c3ccccc31)[C@H](CO)N2CC1CCCC1. The van der Waals surface area contributed by atoms with Gasteiger partial charge in [-0.1, -0.05) is 38.0 Å². The summed E-state index contributed by atoms with van der Waals surface area (Å²) in [5.74, 6) is 1.34. The Labute approximate surface area is 144 Å². The van der Waals surface area contributed by atoms with E-state index in [0.29, 0.717) is 18.4 Å². The Kier molecular flexibility index (Phi) is 4.35. The summed E-state index contributed by atoms with van der Waals surface area (Å²) >= 11 is 0. The molecule has 3 atom stereocenters. The summed E-state index contributed by atoms with van der Waals surface area (Å²) in [4.78, 5) is 16.9. The van der Waals surface area contributed by atoms with Crippen LogP contribution in [0.3, 0.4) is 0 Å². The van der Waals surface area contributed by atoms with Gasteiger partial charge in [-0.2, -0.15) is 0 Å². The third-order valence-corrected chi connectivity index (χ3v) is 6.37. The largest absolute Gasteiger partial charge is 0.395 e. The van der Waals surface area contributed by atoms with Crippen LogP contribution in [-0.2, 0) is 4.79 Å². The van der Waals surface area contributed by atoms with Crippen LogP contribution in [-0.4, -0.2) is 47.7 Å². The molecule has 4 heteroatoms. The number of fused-ring (bicyclic) bond motifs is 3. The molecule has 0 unspecified atom stereocenters. The van der Waals surface area contributed by atoms with E-state index in [-0.39, 0.29) is 18.6 Å². The molecule has 2 aliphatic heterocycles. The third-order valence-electron chi connectivity index (χ3n) is 6.37. The van der Waals surface area contributed by atoms with Gasteiger partial charge < -0.3 is 10.0 Å². The number of hydrogen-bond donors (Lipinski definition) is 1. The molecular formula is C20H28N2O2. The highest BCUT2D eigenvalue weighted by molar-refractivity contribution is 5.95. The van der Waals surface area contributed by atoms with Crippen LogP contribution in [0.1, 0.15) is 50.5 Å². The number of likely N-dealkylation sites (tertiary alicyclic amines) is 1. The van der Waals surface area contributed by atoms with Gasteiger partial charge in [-0.05, 0) is 30.4 Å². The van der Waals surface area contributed by atoms with Gasteiger partial charge in [-0.25, -0.2) is 0 Å². The van der Waals surface area contributed by atoms with E-state index in [4.69, 9.17) is 0 Å². The Morgan fingerprint density at radius 1 is 1.25 bits per heavy atom. The molecular weight excluding hydrogens is 300 g/mol. The van der Waals surface area contributed by atoms with E-state index < -0.39 is 0 Å². The standard InChI is InChI=1S/C20H28N2O2/c1-2-19(24)22-12-17-20(15-9-5-6-10-16(15)22)18(13-23)21(17)11-14-7-3-4-8-14/h5-6,9-10,14,17-18,20,23H,2-4,7-8,11-13H2,1H3/t17-,18+,20+/m1/s1. The number of rotatable bonds is 4. The maximum absolute atomic E-state index is 12.5. The summed E-state index contributed by atoms with van der Waals surface area (Å²) in [5, 5.41) is 9.99.